The highest BCUT2D eigenvalue weighted by atomic mass is 16.6. The Morgan fingerprint density at radius 2 is 1.62 bits per heavy atom. The van der Waals surface area contributed by atoms with Gasteiger partial charge in [0.05, 0.1) is 30.8 Å². The Morgan fingerprint density at radius 3 is 2.28 bits per heavy atom. The van der Waals surface area contributed by atoms with Crippen LogP contribution in [0.5, 0.6) is 0 Å². The Balaban J connectivity index is 1.46. The predicted octanol–water partition coefficient (Wildman–Crippen LogP) is 5.56. The van der Waals surface area contributed by atoms with Crippen LogP contribution in [0, 0.1) is 28.1 Å². The Hall–Kier alpha value is -3.92. The monoisotopic (exact) mass is 646 g/mol. The molecule has 5 aliphatic rings. The molecule has 1 aromatic carbocycles. The smallest absolute Gasteiger partial charge is 0.338 e. The van der Waals surface area contributed by atoms with E-state index in [1.807, 2.05) is 19.1 Å². The third-order valence-electron chi connectivity index (χ3n) is 12.3. The van der Waals surface area contributed by atoms with E-state index in [-0.39, 0.29) is 31.3 Å². The summed E-state index contributed by atoms with van der Waals surface area (Å²) < 4.78 is 37.2. The molecule has 3 heterocycles. The number of furan rings is 1. The van der Waals surface area contributed by atoms with Crippen molar-refractivity contribution in [2.24, 2.45) is 28.1 Å². The van der Waals surface area contributed by atoms with Gasteiger partial charge in [-0.3, -0.25) is 14.4 Å². The molecular weight excluding hydrogens is 604 g/mol. The van der Waals surface area contributed by atoms with Crippen LogP contribution in [-0.4, -0.2) is 61.0 Å². The molecule has 250 valence electrons. The van der Waals surface area contributed by atoms with Crippen molar-refractivity contribution in [3.8, 4) is 0 Å². The molecule has 10 nitrogen and oxygen atoms in total. The van der Waals surface area contributed by atoms with Crippen molar-refractivity contribution in [3.63, 3.8) is 0 Å². The van der Waals surface area contributed by atoms with E-state index >= 15 is 0 Å². The van der Waals surface area contributed by atoms with Gasteiger partial charge in [-0.25, -0.2) is 4.79 Å². The van der Waals surface area contributed by atoms with Gasteiger partial charge in [0.2, 0.25) is 0 Å². The van der Waals surface area contributed by atoms with E-state index < -0.39 is 76.5 Å². The third-order valence-corrected chi connectivity index (χ3v) is 12.3. The first-order valence-electron chi connectivity index (χ1n) is 16.4. The summed E-state index contributed by atoms with van der Waals surface area (Å²) in [6.45, 7) is 11.2. The van der Waals surface area contributed by atoms with Crippen LogP contribution in [-0.2, 0) is 38.1 Å². The minimum absolute atomic E-state index is 0.0192. The van der Waals surface area contributed by atoms with Gasteiger partial charge in [-0.15, -0.1) is 0 Å². The molecule has 0 amide bonds. The molecule has 0 radical (unpaired) electrons. The minimum Gasteiger partial charge on any atom is -0.472 e. The van der Waals surface area contributed by atoms with E-state index in [1.54, 1.807) is 36.8 Å². The number of benzene rings is 1. The summed E-state index contributed by atoms with van der Waals surface area (Å²) in [5.74, 6) is -2.78. The zero-order valence-electron chi connectivity index (χ0n) is 27.6. The molecular formula is C37H42O10. The molecule has 1 unspecified atom stereocenters. The summed E-state index contributed by atoms with van der Waals surface area (Å²) in [6, 6.07) is 10.7. The number of ether oxygens (including phenoxy) is 5. The molecule has 7 rings (SSSR count). The molecule has 2 saturated heterocycles. The quantitative estimate of drug-likeness (QED) is 0.232. The van der Waals surface area contributed by atoms with Gasteiger partial charge in [0.25, 0.3) is 0 Å². The van der Waals surface area contributed by atoms with Crippen molar-refractivity contribution in [2.75, 3.05) is 6.61 Å². The molecule has 2 saturated carbocycles. The van der Waals surface area contributed by atoms with Crippen LogP contribution in [0.4, 0.5) is 0 Å². The number of carbonyl (C=O) groups excluding carboxylic acids is 4. The second kappa shape index (κ2) is 11.1. The van der Waals surface area contributed by atoms with E-state index in [4.69, 9.17) is 28.1 Å². The van der Waals surface area contributed by atoms with Crippen LogP contribution in [0.2, 0.25) is 0 Å². The van der Waals surface area contributed by atoms with Crippen molar-refractivity contribution in [1.82, 2.24) is 0 Å². The maximum absolute atomic E-state index is 14.0. The molecule has 1 aromatic heterocycles. The predicted molar refractivity (Wildman–Crippen MR) is 166 cm³/mol. The highest BCUT2D eigenvalue weighted by Crippen LogP contribution is 2.72. The summed E-state index contributed by atoms with van der Waals surface area (Å²) in [5.41, 5.74) is 0.739. The van der Waals surface area contributed by atoms with Crippen molar-refractivity contribution in [2.45, 2.75) is 97.2 Å². The topological polar surface area (TPSA) is 128 Å². The lowest BCUT2D eigenvalue weighted by Crippen LogP contribution is -2.72. The van der Waals surface area contributed by atoms with E-state index in [9.17, 15) is 19.2 Å². The summed E-state index contributed by atoms with van der Waals surface area (Å²) in [5, 5.41) is 0. The van der Waals surface area contributed by atoms with Crippen LogP contribution < -0.4 is 0 Å². The zero-order chi connectivity index (χ0) is 33.5. The Bertz CT molecular complexity index is 1630. The second-order valence-corrected chi connectivity index (χ2v) is 14.7. The van der Waals surface area contributed by atoms with Gasteiger partial charge >= 0.3 is 23.9 Å². The Kier molecular flexibility index (Phi) is 7.46. The van der Waals surface area contributed by atoms with E-state index in [1.165, 1.54) is 13.8 Å². The second-order valence-electron chi connectivity index (χ2n) is 14.7. The maximum Gasteiger partial charge on any atom is 0.338 e. The average molecular weight is 647 g/mol. The number of carbonyl (C=O) groups is 4. The summed E-state index contributed by atoms with van der Waals surface area (Å²) >= 11 is 0. The Morgan fingerprint density at radius 1 is 0.915 bits per heavy atom. The van der Waals surface area contributed by atoms with Crippen molar-refractivity contribution in [1.29, 1.82) is 0 Å². The molecule has 2 aromatic rings. The van der Waals surface area contributed by atoms with Gasteiger partial charge in [0.1, 0.15) is 24.4 Å². The molecule has 0 spiro atoms. The summed E-state index contributed by atoms with van der Waals surface area (Å²) in [4.78, 5) is 53.0. The summed E-state index contributed by atoms with van der Waals surface area (Å²) in [6.07, 6.45) is 0.699. The lowest BCUT2D eigenvalue weighted by Gasteiger charge is -2.66. The number of rotatable bonds is 5. The molecule has 0 N–H and O–H groups in total. The zero-order valence-corrected chi connectivity index (χ0v) is 27.6. The van der Waals surface area contributed by atoms with Crippen LogP contribution in [0.3, 0.4) is 0 Å². The van der Waals surface area contributed by atoms with E-state index in [0.717, 1.165) is 16.7 Å². The van der Waals surface area contributed by atoms with Crippen LogP contribution in [0.25, 0.3) is 0 Å². The number of fused-ring (bicyclic) bond motifs is 4. The van der Waals surface area contributed by atoms with Gasteiger partial charge < -0.3 is 28.1 Å². The van der Waals surface area contributed by atoms with Gasteiger partial charge in [-0.2, -0.15) is 0 Å². The van der Waals surface area contributed by atoms with Crippen molar-refractivity contribution < 1.29 is 47.3 Å². The number of esters is 4. The highest BCUT2D eigenvalue weighted by Gasteiger charge is 2.78. The molecule has 10 heteroatoms. The molecule has 3 aliphatic carbocycles. The van der Waals surface area contributed by atoms with Gasteiger partial charge in [-0.1, -0.05) is 44.5 Å². The molecule has 47 heavy (non-hydrogen) atoms. The molecule has 11 atom stereocenters. The van der Waals surface area contributed by atoms with E-state index in [0.29, 0.717) is 12.0 Å². The standard InChI is InChI=1S/C37H42O10/c1-19-24(23-12-13-42-17-23)14-25-30(19)37(6)26(15-29(40)46-25)36(5)28(45-21(3)39)16-27(44-20(2)38)35(4)18-43-31(32(35)36)33(37)47-34(41)22-10-8-7-9-11-22/h7-13,17,24-28,31-33H,14-16,18H2,1-6H3/t24-,25+,26-,27-,28+,31-,32?,33-,35-,36+,37-/m1/s1. The first-order valence-corrected chi connectivity index (χ1v) is 16.4. The highest BCUT2D eigenvalue weighted by molar-refractivity contribution is 5.89. The van der Waals surface area contributed by atoms with Crippen molar-refractivity contribution in [3.05, 3.63) is 71.2 Å². The molecule has 0 bridgehead atoms. The van der Waals surface area contributed by atoms with Crippen LogP contribution >= 0.6 is 0 Å². The first kappa shape index (κ1) is 31.7. The number of hydrogen-bond donors (Lipinski definition) is 0. The van der Waals surface area contributed by atoms with Crippen LogP contribution in [0.1, 0.15) is 82.6 Å². The number of allylic oxidation sites excluding steroid dienone is 1. The van der Waals surface area contributed by atoms with Gasteiger partial charge in [0.15, 0.2) is 0 Å². The van der Waals surface area contributed by atoms with Gasteiger partial charge in [-0.05, 0) is 48.6 Å². The van der Waals surface area contributed by atoms with E-state index in [2.05, 4.69) is 20.8 Å². The SMILES string of the molecule is CC(=O)O[C@H]1C[C@@H](OC(C)=O)[C@@]2(C)CO[C@@H]3C2[C@@]1(C)[C@H]1CC(=O)O[C@H]2C[C@@H](c4ccoc4)C(C)=C2[C@]1(C)[C@@H]3OC(=O)c1ccccc1. The van der Waals surface area contributed by atoms with Crippen molar-refractivity contribution >= 4 is 23.9 Å². The fourth-order valence-electron chi connectivity index (χ4n) is 10.5. The lowest BCUT2D eigenvalue weighted by molar-refractivity contribution is -0.253. The number of hydrogen-bond acceptors (Lipinski definition) is 10. The third kappa shape index (κ3) is 4.61. The average Bonchev–Trinajstić information content (AvgIpc) is 3.73. The minimum atomic E-state index is -0.975. The molecule has 4 fully saturated rings. The first-order chi connectivity index (χ1) is 22.3. The maximum atomic E-state index is 14.0. The fraction of sp³-hybridized carbons (Fsp3) is 0.568. The molecule has 2 aliphatic heterocycles. The van der Waals surface area contributed by atoms with Crippen LogP contribution in [0.15, 0.2) is 64.5 Å². The summed E-state index contributed by atoms with van der Waals surface area (Å²) in [7, 11) is 0. The fourth-order valence-corrected chi connectivity index (χ4v) is 10.5. The Labute approximate surface area is 274 Å². The normalized spacial score (nSPS) is 40.3. The largest absolute Gasteiger partial charge is 0.472 e. The van der Waals surface area contributed by atoms with Gasteiger partial charge in [0, 0.05) is 54.8 Å². The lowest BCUT2D eigenvalue weighted by atomic mass is 9.39.